The van der Waals surface area contributed by atoms with Crippen LogP contribution in [0.3, 0.4) is 0 Å². The van der Waals surface area contributed by atoms with E-state index in [2.05, 4.69) is 10.6 Å². The van der Waals surface area contributed by atoms with Crippen molar-refractivity contribution in [2.75, 3.05) is 13.1 Å². The van der Waals surface area contributed by atoms with Crippen LogP contribution in [-0.4, -0.2) is 35.8 Å². The molecule has 6 heteroatoms. The molecule has 130 valence electrons. The predicted molar refractivity (Wildman–Crippen MR) is 94.9 cm³/mol. The Balaban J connectivity index is 1.55. The summed E-state index contributed by atoms with van der Waals surface area (Å²) in [7, 11) is 0. The number of imide groups is 1. The smallest absolute Gasteiger partial charge is 0.324 e. The molecule has 1 atom stereocenters. The number of amides is 4. The number of fused-ring (bicyclic) bond motifs is 1. The summed E-state index contributed by atoms with van der Waals surface area (Å²) in [6.07, 6.45) is 0.722. The highest BCUT2D eigenvalue weighted by molar-refractivity contribution is 6.01. The van der Waals surface area contributed by atoms with Gasteiger partial charge in [0.05, 0.1) is 12.6 Å². The summed E-state index contributed by atoms with van der Waals surface area (Å²) in [6, 6.07) is 13.6. The molecule has 6 nitrogen and oxygen atoms in total. The molecule has 1 fully saturated rings. The lowest BCUT2D eigenvalue weighted by Gasteiger charge is -2.17. The van der Waals surface area contributed by atoms with E-state index in [0.29, 0.717) is 6.42 Å². The van der Waals surface area contributed by atoms with Crippen molar-refractivity contribution in [3.8, 4) is 0 Å². The molecule has 25 heavy (non-hydrogen) atoms. The first-order valence-corrected chi connectivity index (χ1v) is 8.41. The third-order valence-corrected chi connectivity index (χ3v) is 4.39. The Hall–Kier alpha value is -2.89. The van der Waals surface area contributed by atoms with E-state index in [-0.39, 0.29) is 43.4 Å². The minimum Gasteiger partial charge on any atom is -0.350 e. The van der Waals surface area contributed by atoms with Crippen LogP contribution in [0.15, 0.2) is 42.5 Å². The van der Waals surface area contributed by atoms with Gasteiger partial charge in [-0.05, 0) is 29.7 Å². The van der Waals surface area contributed by atoms with E-state index in [4.69, 9.17) is 0 Å². The highest BCUT2D eigenvalue weighted by Gasteiger charge is 2.27. The average Bonchev–Trinajstić information content (AvgIpc) is 2.93. The van der Waals surface area contributed by atoms with Gasteiger partial charge in [0.25, 0.3) is 0 Å². The minimum absolute atomic E-state index is 0.0448. The Labute approximate surface area is 146 Å². The van der Waals surface area contributed by atoms with Crippen molar-refractivity contribution in [2.45, 2.75) is 25.8 Å². The SMILES string of the molecule is CC(NC(=O)CCCN1C(=O)CNC1=O)c1cccc2ccccc12. The molecule has 3 rings (SSSR count). The molecule has 0 bridgehead atoms. The molecular weight excluding hydrogens is 318 g/mol. The second-order valence-electron chi connectivity index (χ2n) is 6.17. The summed E-state index contributed by atoms with van der Waals surface area (Å²) < 4.78 is 0. The van der Waals surface area contributed by atoms with Crippen LogP contribution in [-0.2, 0) is 9.59 Å². The molecule has 0 aliphatic carbocycles. The number of hydrogen-bond acceptors (Lipinski definition) is 3. The van der Waals surface area contributed by atoms with E-state index in [1.54, 1.807) is 0 Å². The standard InChI is InChI=1S/C19H21N3O3/c1-13(15-9-4-7-14-6-2-3-8-16(14)15)21-17(23)10-5-11-22-18(24)12-20-19(22)25/h2-4,6-9,13H,5,10-12H2,1H3,(H,20,25)(H,21,23). The average molecular weight is 339 g/mol. The normalized spacial score (nSPS) is 15.3. The number of hydrogen-bond donors (Lipinski definition) is 2. The van der Waals surface area contributed by atoms with Crippen LogP contribution >= 0.6 is 0 Å². The maximum Gasteiger partial charge on any atom is 0.324 e. The monoisotopic (exact) mass is 339 g/mol. The highest BCUT2D eigenvalue weighted by atomic mass is 16.2. The Morgan fingerprint density at radius 1 is 1.20 bits per heavy atom. The third kappa shape index (κ3) is 3.79. The topological polar surface area (TPSA) is 78.5 Å². The first-order valence-electron chi connectivity index (χ1n) is 8.41. The third-order valence-electron chi connectivity index (χ3n) is 4.39. The van der Waals surface area contributed by atoms with Gasteiger partial charge in [-0.2, -0.15) is 0 Å². The van der Waals surface area contributed by atoms with Gasteiger partial charge in [0.1, 0.15) is 0 Å². The van der Waals surface area contributed by atoms with Crippen molar-refractivity contribution in [1.82, 2.24) is 15.5 Å². The van der Waals surface area contributed by atoms with Crippen LogP contribution in [0, 0.1) is 0 Å². The maximum atomic E-state index is 12.2. The van der Waals surface area contributed by atoms with Gasteiger partial charge in [-0.15, -0.1) is 0 Å². The summed E-state index contributed by atoms with van der Waals surface area (Å²) in [5, 5.41) is 7.72. The first kappa shape index (κ1) is 17.0. The van der Waals surface area contributed by atoms with Gasteiger partial charge in [-0.1, -0.05) is 42.5 Å². The molecule has 1 aliphatic rings. The molecule has 0 saturated carbocycles. The van der Waals surface area contributed by atoms with Gasteiger partial charge in [0.2, 0.25) is 11.8 Å². The zero-order valence-electron chi connectivity index (χ0n) is 14.1. The van der Waals surface area contributed by atoms with Crippen LogP contribution in [0.4, 0.5) is 4.79 Å². The molecule has 0 spiro atoms. The summed E-state index contributed by atoms with van der Waals surface area (Å²) in [6.45, 7) is 2.26. The second kappa shape index (κ2) is 7.34. The summed E-state index contributed by atoms with van der Waals surface area (Å²) in [4.78, 5) is 36.3. The van der Waals surface area contributed by atoms with E-state index in [1.165, 1.54) is 0 Å². The van der Waals surface area contributed by atoms with Crippen molar-refractivity contribution in [3.63, 3.8) is 0 Å². The summed E-state index contributed by atoms with van der Waals surface area (Å²) in [5.41, 5.74) is 1.07. The molecule has 2 aromatic carbocycles. The second-order valence-corrected chi connectivity index (χ2v) is 6.17. The van der Waals surface area contributed by atoms with Crippen LogP contribution in [0.25, 0.3) is 10.8 Å². The fraction of sp³-hybridized carbons (Fsp3) is 0.316. The minimum atomic E-state index is -0.380. The van der Waals surface area contributed by atoms with E-state index < -0.39 is 0 Å². The summed E-state index contributed by atoms with van der Waals surface area (Å²) in [5.74, 6) is -0.331. The number of rotatable bonds is 6. The Bertz CT molecular complexity index is 797. The lowest BCUT2D eigenvalue weighted by Crippen LogP contribution is -2.33. The first-order chi connectivity index (χ1) is 12.1. The molecular formula is C19H21N3O3. The van der Waals surface area contributed by atoms with Crippen molar-refractivity contribution in [3.05, 3.63) is 48.0 Å². The molecule has 2 aromatic rings. The maximum absolute atomic E-state index is 12.2. The Kier molecular flexibility index (Phi) is 4.97. The molecule has 0 aromatic heterocycles. The van der Waals surface area contributed by atoms with Crippen molar-refractivity contribution in [2.24, 2.45) is 0 Å². The number of benzene rings is 2. The van der Waals surface area contributed by atoms with Crippen LogP contribution in [0.2, 0.25) is 0 Å². The van der Waals surface area contributed by atoms with Crippen molar-refractivity contribution >= 4 is 28.6 Å². The fourth-order valence-corrected chi connectivity index (χ4v) is 3.10. The fourth-order valence-electron chi connectivity index (χ4n) is 3.10. The van der Waals surface area contributed by atoms with Crippen LogP contribution in [0.5, 0.6) is 0 Å². The van der Waals surface area contributed by atoms with Gasteiger partial charge < -0.3 is 10.6 Å². The zero-order valence-corrected chi connectivity index (χ0v) is 14.1. The van der Waals surface area contributed by atoms with Crippen LogP contribution in [0.1, 0.15) is 31.4 Å². The quantitative estimate of drug-likeness (QED) is 0.793. The van der Waals surface area contributed by atoms with Crippen molar-refractivity contribution < 1.29 is 14.4 Å². The molecule has 4 amide bonds. The largest absolute Gasteiger partial charge is 0.350 e. The highest BCUT2D eigenvalue weighted by Crippen LogP contribution is 2.24. The molecule has 1 unspecified atom stereocenters. The number of nitrogens with one attached hydrogen (secondary N) is 2. The summed E-state index contributed by atoms with van der Waals surface area (Å²) >= 11 is 0. The van der Waals surface area contributed by atoms with Gasteiger partial charge in [0, 0.05) is 13.0 Å². The number of nitrogens with zero attached hydrogens (tertiary/aromatic N) is 1. The lowest BCUT2D eigenvalue weighted by atomic mass is 9.99. The number of carbonyl (C=O) groups excluding carboxylic acids is 3. The molecule has 0 radical (unpaired) electrons. The molecule has 1 saturated heterocycles. The zero-order chi connectivity index (χ0) is 17.8. The number of urea groups is 1. The van der Waals surface area contributed by atoms with E-state index in [1.807, 2.05) is 49.4 Å². The number of carbonyl (C=O) groups is 3. The predicted octanol–water partition coefficient (Wildman–Crippen LogP) is 2.35. The van der Waals surface area contributed by atoms with E-state index >= 15 is 0 Å². The van der Waals surface area contributed by atoms with E-state index in [0.717, 1.165) is 21.2 Å². The Morgan fingerprint density at radius 3 is 2.72 bits per heavy atom. The van der Waals surface area contributed by atoms with Gasteiger partial charge in [0.15, 0.2) is 0 Å². The van der Waals surface area contributed by atoms with Crippen molar-refractivity contribution in [1.29, 1.82) is 0 Å². The lowest BCUT2D eigenvalue weighted by molar-refractivity contribution is -0.126. The van der Waals surface area contributed by atoms with Gasteiger partial charge in [-0.3, -0.25) is 14.5 Å². The Morgan fingerprint density at radius 2 is 1.96 bits per heavy atom. The molecule has 2 N–H and O–H groups in total. The van der Waals surface area contributed by atoms with Gasteiger partial charge in [-0.25, -0.2) is 4.79 Å². The molecule has 1 heterocycles. The van der Waals surface area contributed by atoms with Gasteiger partial charge >= 0.3 is 6.03 Å². The molecule has 1 aliphatic heterocycles. The van der Waals surface area contributed by atoms with E-state index in [9.17, 15) is 14.4 Å². The van der Waals surface area contributed by atoms with Crippen LogP contribution < -0.4 is 10.6 Å².